The summed E-state index contributed by atoms with van der Waals surface area (Å²) in [6, 6.07) is 13.7. The quantitative estimate of drug-likeness (QED) is 0.421. The Hall–Kier alpha value is -2.71. The van der Waals surface area contributed by atoms with Crippen molar-refractivity contribution >= 4 is 10.9 Å². The van der Waals surface area contributed by atoms with E-state index in [0.29, 0.717) is 6.42 Å². The highest BCUT2D eigenvalue weighted by atomic mass is 19.1. The topological polar surface area (TPSA) is 32.0 Å². The summed E-state index contributed by atoms with van der Waals surface area (Å²) >= 11 is 0. The molecule has 2 aromatic carbocycles. The zero-order valence-electron chi connectivity index (χ0n) is 17.2. The molecule has 30 heavy (non-hydrogen) atoms. The van der Waals surface area contributed by atoms with Crippen LogP contribution in [-0.2, 0) is 13.0 Å². The molecule has 1 aromatic heterocycles. The fourth-order valence-electron chi connectivity index (χ4n) is 4.53. The van der Waals surface area contributed by atoms with Crippen molar-refractivity contribution in [1.82, 2.24) is 9.47 Å². The predicted octanol–water partition coefficient (Wildman–Crippen LogP) is 6.13. The van der Waals surface area contributed by atoms with E-state index in [-0.39, 0.29) is 11.6 Å². The number of nitriles is 1. The molecule has 3 aromatic rings. The summed E-state index contributed by atoms with van der Waals surface area (Å²) in [6.45, 7) is 2.83. The van der Waals surface area contributed by atoms with E-state index in [9.17, 15) is 8.78 Å². The van der Waals surface area contributed by atoms with E-state index in [1.807, 2.05) is 6.07 Å². The average molecular weight is 408 g/mol. The van der Waals surface area contributed by atoms with Crippen molar-refractivity contribution in [2.45, 2.75) is 51.5 Å². The van der Waals surface area contributed by atoms with Gasteiger partial charge < -0.3 is 4.57 Å². The maximum atomic E-state index is 14.1. The summed E-state index contributed by atoms with van der Waals surface area (Å²) in [5, 5.41) is 9.55. The molecule has 0 unspecified atom stereocenters. The van der Waals surface area contributed by atoms with Crippen LogP contribution >= 0.6 is 0 Å². The van der Waals surface area contributed by atoms with Crippen molar-refractivity contribution in [2.24, 2.45) is 0 Å². The maximum absolute atomic E-state index is 14.1. The minimum Gasteiger partial charge on any atom is -0.313 e. The molecule has 0 aliphatic carbocycles. The first-order chi connectivity index (χ1) is 14.7. The van der Waals surface area contributed by atoms with Crippen LogP contribution in [0.4, 0.5) is 8.78 Å². The number of aromatic nitrogens is 1. The Morgan fingerprint density at radius 3 is 2.43 bits per heavy atom. The monoisotopic (exact) mass is 407 g/mol. The Morgan fingerprint density at radius 2 is 1.63 bits per heavy atom. The molecular formula is C25H27F2N3. The second kappa shape index (κ2) is 9.40. The number of fused-ring (bicyclic) bond motifs is 3. The lowest BCUT2D eigenvalue weighted by atomic mass is 10.0. The molecule has 156 valence electrons. The van der Waals surface area contributed by atoms with E-state index in [2.05, 4.69) is 15.5 Å². The Morgan fingerprint density at radius 1 is 0.900 bits per heavy atom. The largest absolute Gasteiger partial charge is 0.313 e. The highest BCUT2D eigenvalue weighted by Gasteiger charge is 2.24. The number of hydrogen-bond acceptors (Lipinski definition) is 2. The molecule has 0 saturated carbocycles. The molecule has 0 amide bonds. The fraction of sp³-hybridized carbons (Fsp3) is 0.400. The lowest BCUT2D eigenvalue weighted by molar-refractivity contribution is 0.247. The molecule has 0 atom stereocenters. The van der Waals surface area contributed by atoms with Crippen molar-refractivity contribution in [2.75, 3.05) is 13.1 Å². The highest BCUT2D eigenvalue weighted by molar-refractivity contribution is 5.87. The van der Waals surface area contributed by atoms with Gasteiger partial charge in [-0.1, -0.05) is 19.3 Å². The molecule has 0 fully saturated rings. The highest BCUT2D eigenvalue weighted by Crippen LogP contribution is 2.34. The molecule has 0 spiro atoms. The molecule has 0 bridgehead atoms. The third kappa shape index (κ3) is 4.39. The van der Waals surface area contributed by atoms with Crippen LogP contribution in [0, 0.1) is 23.0 Å². The van der Waals surface area contributed by atoms with Gasteiger partial charge in [0.25, 0.3) is 0 Å². The van der Waals surface area contributed by atoms with Gasteiger partial charge in [0.15, 0.2) is 0 Å². The standard InChI is InChI=1S/C25H27F2N3/c26-19-7-10-21(11-8-19)30-24-12-9-20(27)17-22(24)23-18-29(16-13-25(23)30)15-6-4-2-1-3-5-14-28/h7-12,17H,1-6,13,15-16,18H2. The van der Waals surface area contributed by atoms with E-state index in [4.69, 9.17) is 5.26 Å². The van der Waals surface area contributed by atoms with Gasteiger partial charge in [-0.2, -0.15) is 5.26 Å². The first-order valence-electron chi connectivity index (χ1n) is 10.8. The Bertz CT molecular complexity index is 1050. The number of halogens is 2. The van der Waals surface area contributed by atoms with E-state index in [0.717, 1.165) is 61.9 Å². The first kappa shape index (κ1) is 20.6. The van der Waals surface area contributed by atoms with Crippen LogP contribution in [0.5, 0.6) is 0 Å². The zero-order valence-corrected chi connectivity index (χ0v) is 17.2. The molecular weight excluding hydrogens is 380 g/mol. The molecule has 0 radical (unpaired) electrons. The second-order valence-electron chi connectivity index (χ2n) is 8.10. The molecule has 5 heteroatoms. The van der Waals surface area contributed by atoms with Crippen molar-refractivity contribution in [3.05, 3.63) is 65.4 Å². The molecule has 0 N–H and O–H groups in total. The third-order valence-electron chi connectivity index (χ3n) is 6.04. The summed E-state index contributed by atoms with van der Waals surface area (Å²) in [5.41, 5.74) is 4.29. The number of unbranched alkanes of at least 4 members (excludes halogenated alkanes) is 5. The van der Waals surface area contributed by atoms with Crippen LogP contribution < -0.4 is 0 Å². The van der Waals surface area contributed by atoms with Gasteiger partial charge in [0.2, 0.25) is 0 Å². The summed E-state index contributed by atoms with van der Waals surface area (Å²) in [7, 11) is 0. The van der Waals surface area contributed by atoms with Gasteiger partial charge in [-0.3, -0.25) is 4.90 Å². The Balaban J connectivity index is 1.52. The number of hydrogen-bond donors (Lipinski definition) is 0. The molecule has 2 heterocycles. The second-order valence-corrected chi connectivity index (χ2v) is 8.10. The van der Waals surface area contributed by atoms with Crippen LogP contribution in [-0.4, -0.2) is 22.6 Å². The lowest BCUT2D eigenvalue weighted by Gasteiger charge is -2.28. The van der Waals surface area contributed by atoms with Gasteiger partial charge in [-0.15, -0.1) is 0 Å². The van der Waals surface area contributed by atoms with Crippen LogP contribution in [0.3, 0.4) is 0 Å². The predicted molar refractivity (Wildman–Crippen MR) is 115 cm³/mol. The molecule has 1 aliphatic rings. The molecule has 3 nitrogen and oxygen atoms in total. The van der Waals surface area contributed by atoms with Gasteiger partial charge in [0, 0.05) is 42.7 Å². The maximum Gasteiger partial charge on any atom is 0.123 e. The van der Waals surface area contributed by atoms with Crippen molar-refractivity contribution in [1.29, 1.82) is 5.26 Å². The van der Waals surface area contributed by atoms with Crippen molar-refractivity contribution in [3.63, 3.8) is 0 Å². The van der Waals surface area contributed by atoms with Gasteiger partial charge in [-0.25, -0.2) is 8.78 Å². The van der Waals surface area contributed by atoms with E-state index < -0.39 is 0 Å². The third-order valence-corrected chi connectivity index (χ3v) is 6.04. The van der Waals surface area contributed by atoms with Gasteiger partial charge in [0.05, 0.1) is 11.6 Å². The smallest absolute Gasteiger partial charge is 0.123 e. The van der Waals surface area contributed by atoms with E-state index >= 15 is 0 Å². The van der Waals surface area contributed by atoms with Crippen LogP contribution in [0.2, 0.25) is 0 Å². The molecule has 0 saturated heterocycles. The summed E-state index contributed by atoms with van der Waals surface area (Å²) < 4.78 is 29.7. The van der Waals surface area contributed by atoms with Crippen LogP contribution in [0.15, 0.2) is 42.5 Å². The zero-order chi connectivity index (χ0) is 20.9. The summed E-state index contributed by atoms with van der Waals surface area (Å²) in [5.74, 6) is -0.482. The Labute approximate surface area is 176 Å². The van der Waals surface area contributed by atoms with Crippen LogP contribution in [0.25, 0.3) is 16.6 Å². The summed E-state index contributed by atoms with van der Waals surface area (Å²) in [6.07, 6.45) is 7.18. The molecule has 1 aliphatic heterocycles. The minimum absolute atomic E-state index is 0.226. The first-order valence-corrected chi connectivity index (χ1v) is 10.8. The number of rotatable bonds is 8. The Kier molecular flexibility index (Phi) is 6.44. The van der Waals surface area contributed by atoms with Gasteiger partial charge in [-0.05, 0) is 67.4 Å². The van der Waals surface area contributed by atoms with Crippen molar-refractivity contribution in [3.8, 4) is 11.8 Å². The van der Waals surface area contributed by atoms with Gasteiger partial charge >= 0.3 is 0 Å². The SMILES string of the molecule is N#CCCCCCCCN1CCc2c(c3cc(F)ccc3n2-c2ccc(F)cc2)C1. The lowest BCUT2D eigenvalue weighted by Crippen LogP contribution is -2.31. The average Bonchev–Trinajstić information content (AvgIpc) is 3.07. The van der Waals surface area contributed by atoms with Crippen molar-refractivity contribution < 1.29 is 8.78 Å². The van der Waals surface area contributed by atoms with Gasteiger partial charge in [0.1, 0.15) is 11.6 Å². The number of nitrogens with zero attached hydrogens (tertiary/aromatic N) is 3. The molecule has 4 rings (SSSR count). The van der Waals surface area contributed by atoms with Crippen LogP contribution in [0.1, 0.15) is 49.8 Å². The van der Waals surface area contributed by atoms with E-state index in [1.54, 1.807) is 18.2 Å². The fourth-order valence-corrected chi connectivity index (χ4v) is 4.53. The summed E-state index contributed by atoms with van der Waals surface area (Å²) in [4.78, 5) is 2.46. The van der Waals surface area contributed by atoms with E-state index in [1.165, 1.54) is 42.3 Å². The normalized spacial score (nSPS) is 14.0. The minimum atomic E-state index is -0.256. The number of benzene rings is 2.